The van der Waals surface area contributed by atoms with Crippen LogP contribution in [0.2, 0.25) is 0 Å². The summed E-state index contributed by atoms with van der Waals surface area (Å²) in [6.45, 7) is 3.19. The number of anilines is 1. The van der Waals surface area contributed by atoms with E-state index in [1.807, 2.05) is 16.8 Å². The number of esters is 1. The maximum absolute atomic E-state index is 12.1. The quantitative estimate of drug-likeness (QED) is 0.699. The molecule has 7 nitrogen and oxygen atoms in total. The van der Waals surface area contributed by atoms with Gasteiger partial charge >= 0.3 is 5.97 Å². The Morgan fingerprint density at radius 3 is 2.88 bits per heavy atom. The lowest BCUT2D eigenvalue weighted by molar-refractivity contribution is -0.123. The van der Waals surface area contributed by atoms with Gasteiger partial charge in [0.1, 0.15) is 10.8 Å². The highest BCUT2D eigenvalue weighted by molar-refractivity contribution is 7.14. The largest absolute Gasteiger partial charge is 0.448 e. The van der Waals surface area contributed by atoms with Crippen molar-refractivity contribution < 1.29 is 18.8 Å². The lowest BCUT2D eigenvalue weighted by Gasteiger charge is -2.11. The number of carbonyl (C=O) groups is 2. The predicted octanol–water partition coefficient (Wildman–Crippen LogP) is 3.35. The van der Waals surface area contributed by atoms with Crippen LogP contribution in [0.25, 0.3) is 10.6 Å². The van der Waals surface area contributed by atoms with Crippen LogP contribution in [0, 0.1) is 6.92 Å². The minimum absolute atomic E-state index is 0.179. The summed E-state index contributed by atoms with van der Waals surface area (Å²) in [7, 11) is 0. The summed E-state index contributed by atoms with van der Waals surface area (Å²) < 4.78 is 10.00. The lowest BCUT2D eigenvalue weighted by Crippen LogP contribution is -2.30. The van der Waals surface area contributed by atoms with Crippen LogP contribution in [-0.4, -0.2) is 28.1 Å². The Bertz CT molecular complexity index is 854. The second kappa shape index (κ2) is 6.93. The van der Waals surface area contributed by atoms with Crippen LogP contribution >= 0.6 is 22.7 Å². The van der Waals surface area contributed by atoms with Gasteiger partial charge in [-0.2, -0.15) is 11.3 Å². The molecule has 0 bridgehead atoms. The van der Waals surface area contributed by atoms with E-state index in [9.17, 15) is 9.59 Å². The Morgan fingerprint density at radius 1 is 1.38 bits per heavy atom. The number of thiophene rings is 1. The normalized spacial score (nSPS) is 11.9. The third-order valence-electron chi connectivity index (χ3n) is 3.01. The number of thiazole rings is 1. The van der Waals surface area contributed by atoms with E-state index >= 15 is 0 Å². The van der Waals surface area contributed by atoms with Crippen molar-refractivity contribution in [3.8, 4) is 10.6 Å². The fourth-order valence-electron chi connectivity index (χ4n) is 1.81. The molecular formula is C15H13N3O4S2. The van der Waals surface area contributed by atoms with Crippen LogP contribution in [0.15, 0.2) is 32.8 Å². The summed E-state index contributed by atoms with van der Waals surface area (Å²) in [5.74, 6) is -0.302. The molecule has 0 aliphatic heterocycles. The van der Waals surface area contributed by atoms with Crippen molar-refractivity contribution in [1.82, 2.24) is 10.1 Å². The highest BCUT2D eigenvalue weighted by atomic mass is 32.1. The average Bonchev–Trinajstić information content (AvgIpc) is 3.28. The summed E-state index contributed by atoms with van der Waals surface area (Å²) in [6, 6.07) is 3.49. The number of amides is 1. The molecular weight excluding hydrogens is 350 g/mol. The SMILES string of the molecule is Cc1cc(NC(=O)C(C)OC(=O)c2csc(-c3ccsc3)n2)no1. The molecule has 0 saturated heterocycles. The molecule has 1 amide bonds. The van der Waals surface area contributed by atoms with Crippen LogP contribution in [0.5, 0.6) is 0 Å². The number of nitrogens with one attached hydrogen (secondary N) is 1. The number of carbonyl (C=O) groups excluding carboxylic acids is 2. The molecule has 0 fully saturated rings. The number of hydrogen-bond acceptors (Lipinski definition) is 8. The van der Waals surface area contributed by atoms with Gasteiger partial charge in [0.05, 0.1) is 0 Å². The lowest BCUT2D eigenvalue weighted by atomic mass is 10.3. The molecule has 0 saturated carbocycles. The molecule has 0 radical (unpaired) electrons. The summed E-state index contributed by atoms with van der Waals surface area (Å²) >= 11 is 2.90. The van der Waals surface area contributed by atoms with Gasteiger partial charge in [-0.3, -0.25) is 4.79 Å². The molecule has 0 aliphatic carbocycles. The zero-order valence-corrected chi connectivity index (χ0v) is 14.4. The van der Waals surface area contributed by atoms with Crippen LogP contribution < -0.4 is 5.32 Å². The molecule has 3 aromatic rings. The molecule has 124 valence electrons. The molecule has 0 spiro atoms. The van der Waals surface area contributed by atoms with Crippen molar-refractivity contribution in [2.24, 2.45) is 0 Å². The van der Waals surface area contributed by atoms with Gasteiger partial charge in [0, 0.05) is 22.4 Å². The van der Waals surface area contributed by atoms with E-state index in [-0.39, 0.29) is 11.5 Å². The van der Waals surface area contributed by atoms with E-state index in [1.54, 1.807) is 29.7 Å². The molecule has 24 heavy (non-hydrogen) atoms. The van der Waals surface area contributed by atoms with Crippen LogP contribution in [0.1, 0.15) is 23.2 Å². The fourth-order valence-corrected chi connectivity index (χ4v) is 3.32. The number of ether oxygens (including phenoxy) is 1. The first-order chi connectivity index (χ1) is 11.5. The molecule has 1 unspecified atom stereocenters. The van der Waals surface area contributed by atoms with Crippen molar-refractivity contribution in [3.63, 3.8) is 0 Å². The second-order valence-corrected chi connectivity index (χ2v) is 6.55. The Balaban J connectivity index is 1.60. The number of nitrogens with zero attached hydrogens (tertiary/aromatic N) is 2. The highest BCUT2D eigenvalue weighted by Crippen LogP contribution is 2.26. The van der Waals surface area contributed by atoms with E-state index in [4.69, 9.17) is 9.26 Å². The Kier molecular flexibility index (Phi) is 4.72. The van der Waals surface area contributed by atoms with Gasteiger partial charge in [-0.05, 0) is 25.3 Å². The van der Waals surface area contributed by atoms with Crippen molar-refractivity contribution in [1.29, 1.82) is 0 Å². The average molecular weight is 363 g/mol. The van der Waals surface area contributed by atoms with Gasteiger partial charge in [0.15, 0.2) is 17.6 Å². The summed E-state index contributed by atoms with van der Waals surface area (Å²) in [6.07, 6.45) is -0.985. The van der Waals surface area contributed by atoms with E-state index in [1.165, 1.54) is 18.3 Å². The van der Waals surface area contributed by atoms with Crippen molar-refractivity contribution in [2.45, 2.75) is 20.0 Å². The summed E-state index contributed by atoms with van der Waals surface area (Å²) in [5.41, 5.74) is 1.13. The predicted molar refractivity (Wildman–Crippen MR) is 90.2 cm³/mol. The molecule has 0 aromatic carbocycles. The van der Waals surface area contributed by atoms with E-state index in [0.29, 0.717) is 5.76 Å². The molecule has 3 rings (SSSR count). The van der Waals surface area contributed by atoms with Crippen LogP contribution in [0.3, 0.4) is 0 Å². The molecule has 3 aromatic heterocycles. The van der Waals surface area contributed by atoms with Crippen molar-refractivity contribution >= 4 is 40.4 Å². The number of aromatic nitrogens is 2. The second-order valence-electron chi connectivity index (χ2n) is 4.91. The third kappa shape index (κ3) is 3.69. The first-order valence-corrected chi connectivity index (χ1v) is 8.78. The molecule has 0 aliphatic rings. The first kappa shape index (κ1) is 16.3. The number of hydrogen-bond donors (Lipinski definition) is 1. The van der Waals surface area contributed by atoms with E-state index < -0.39 is 18.0 Å². The van der Waals surface area contributed by atoms with Gasteiger partial charge < -0.3 is 14.6 Å². The Hall–Kier alpha value is -2.52. The topological polar surface area (TPSA) is 94.3 Å². The fraction of sp³-hybridized carbons (Fsp3) is 0.200. The maximum atomic E-state index is 12.1. The zero-order valence-electron chi connectivity index (χ0n) is 12.8. The minimum Gasteiger partial charge on any atom is -0.448 e. The van der Waals surface area contributed by atoms with Gasteiger partial charge in [-0.15, -0.1) is 11.3 Å². The third-order valence-corrected chi connectivity index (χ3v) is 4.59. The highest BCUT2D eigenvalue weighted by Gasteiger charge is 2.22. The minimum atomic E-state index is -0.985. The van der Waals surface area contributed by atoms with Gasteiger partial charge in [-0.1, -0.05) is 5.16 Å². The maximum Gasteiger partial charge on any atom is 0.358 e. The van der Waals surface area contributed by atoms with Crippen molar-refractivity contribution in [3.05, 3.63) is 39.7 Å². The molecule has 1 N–H and O–H groups in total. The summed E-state index contributed by atoms with van der Waals surface area (Å²) in [4.78, 5) is 28.3. The Morgan fingerprint density at radius 2 is 2.21 bits per heavy atom. The van der Waals surface area contributed by atoms with E-state index in [2.05, 4.69) is 15.5 Å². The molecule has 3 heterocycles. The van der Waals surface area contributed by atoms with E-state index in [0.717, 1.165) is 10.6 Å². The van der Waals surface area contributed by atoms with Crippen LogP contribution in [-0.2, 0) is 9.53 Å². The number of rotatable bonds is 5. The molecule has 1 atom stereocenters. The van der Waals surface area contributed by atoms with Gasteiger partial charge in [0.2, 0.25) is 0 Å². The standard InChI is InChI=1S/C15H13N3O4S2/c1-8-5-12(18-22-8)17-13(19)9(2)21-15(20)11-7-24-14(16-11)10-3-4-23-6-10/h3-7,9H,1-2H3,(H,17,18,19). The van der Waals surface area contributed by atoms with Gasteiger partial charge in [0.25, 0.3) is 5.91 Å². The monoisotopic (exact) mass is 363 g/mol. The first-order valence-electron chi connectivity index (χ1n) is 6.96. The Labute approximate surface area is 145 Å². The smallest absolute Gasteiger partial charge is 0.358 e. The van der Waals surface area contributed by atoms with Crippen LogP contribution in [0.4, 0.5) is 5.82 Å². The van der Waals surface area contributed by atoms with Gasteiger partial charge in [-0.25, -0.2) is 9.78 Å². The van der Waals surface area contributed by atoms with Crippen molar-refractivity contribution in [2.75, 3.05) is 5.32 Å². The zero-order chi connectivity index (χ0) is 17.1. The summed E-state index contributed by atoms with van der Waals surface area (Å²) in [5, 5.41) is 12.4. The molecule has 9 heteroatoms. The number of aryl methyl sites for hydroxylation is 1.